The second kappa shape index (κ2) is 29.3. The molecule has 2 fully saturated rings. The number of benzene rings is 16. The zero-order chi connectivity index (χ0) is 74.8. The van der Waals surface area contributed by atoms with E-state index in [9.17, 15) is 0 Å². The van der Waals surface area contributed by atoms with E-state index >= 15 is 0 Å². The quantitative estimate of drug-likeness (QED) is 0.0853. The number of fused-ring (bicyclic) bond motifs is 14. The molecule has 6 heteroatoms. The molecule has 3 unspecified atom stereocenters. The third-order valence-corrected chi connectivity index (χ3v) is 24.8. The highest BCUT2D eigenvalue weighted by atomic mass is 16.3. The molecule has 18 aromatic rings. The van der Waals surface area contributed by atoms with Gasteiger partial charge in [0.1, 0.15) is 22.3 Å². The van der Waals surface area contributed by atoms with Gasteiger partial charge in [-0.25, -0.2) is 0 Å². The summed E-state index contributed by atoms with van der Waals surface area (Å²) in [5.41, 5.74) is 22.2. The van der Waals surface area contributed by atoms with Crippen LogP contribution in [0, 0.1) is 5.92 Å². The average molecular weight is 1450 g/mol. The van der Waals surface area contributed by atoms with Crippen molar-refractivity contribution in [3.05, 3.63) is 362 Å². The summed E-state index contributed by atoms with van der Waals surface area (Å²) in [7, 11) is 0. The number of anilines is 12. The van der Waals surface area contributed by atoms with E-state index in [4.69, 9.17) is 8.83 Å². The Hall–Kier alpha value is -12.6. The minimum absolute atomic E-state index is 0.381. The van der Waals surface area contributed by atoms with Gasteiger partial charge in [-0.2, -0.15) is 0 Å². The molecule has 2 aliphatic carbocycles. The van der Waals surface area contributed by atoms with Crippen molar-refractivity contribution in [3.63, 3.8) is 0 Å². The highest BCUT2D eigenvalue weighted by Gasteiger charge is 2.30. The number of hydrogen-bond acceptors (Lipinski definition) is 6. The summed E-state index contributed by atoms with van der Waals surface area (Å²) in [6.45, 7) is 6.95. The van der Waals surface area contributed by atoms with E-state index in [1.165, 1.54) is 102 Å². The van der Waals surface area contributed by atoms with E-state index < -0.39 is 0 Å². The fourth-order valence-corrected chi connectivity index (χ4v) is 19.3. The molecule has 16 aromatic carbocycles. The smallest absolute Gasteiger partial charge is 0.138 e. The van der Waals surface area contributed by atoms with Crippen molar-refractivity contribution in [2.75, 3.05) is 19.6 Å². The van der Waals surface area contributed by atoms with E-state index in [2.05, 4.69) is 380 Å². The van der Waals surface area contributed by atoms with Crippen molar-refractivity contribution >= 4 is 155 Å². The Kier molecular flexibility index (Phi) is 18.0. The van der Waals surface area contributed by atoms with Crippen molar-refractivity contribution in [2.45, 2.75) is 109 Å². The van der Waals surface area contributed by atoms with Gasteiger partial charge in [-0.15, -0.1) is 0 Å². The molecule has 112 heavy (non-hydrogen) atoms. The van der Waals surface area contributed by atoms with Crippen LogP contribution in [0.1, 0.15) is 131 Å². The van der Waals surface area contributed by atoms with Crippen LogP contribution in [0.25, 0.3) is 87.0 Å². The van der Waals surface area contributed by atoms with Gasteiger partial charge in [0.05, 0.1) is 22.7 Å². The molecule has 0 saturated heterocycles. The predicted octanol–water partition coefficient (Wildman–Crippen LogP) is 31.6. The number of hydrogen-bond donors (Lipinski definition) is 0. The molecule has 2 heterocycles. The lowest BCUT2D eigenvalue weighted by Crippen LogP contribution is -2.16. The lowest BCUT2D eigenvalue weighted by Gasteiger charge is -2.32. The van der Waals surface area contributed by atoms with Gasteiger partial charge in [0.15, 0.2) is 0 Å². The van der Waals surface area contributed by atoms with Gasteiger partial charge >= 0.3 is 0 Å². The van der Waals surface area contributed by atoms with E-state index in [0.717, 1.165) is 140 Å². The molecule has 20 rings (SSSR count). The Morgan fingerprint density at radius 3 is 0.875 bits per heavy atom. The maximum Gasteiger partial charge on any atom is 0.138 e. The van der Waals surface area contributed by atoms with Gasteiger partial charge < -0.3 is 28.4 Å². The normalized spacial score (nSPS) is 15.2. The highest BCUT2D eigenvalue weighted by molar-refractivity contribution is 6.32. The minimum Gasteiger partial charge on any atom is -0.456 e. The average Bonchev–Trinajstić information content (AvgIpc) is 1.58. The first-order chi connectivity index (χ1) is 55.3. The van der Waals surface area contributed by atoms with Gasteiger partial charge in [0, 0.05) is 113 Å². The third kappa shape index (κ3) is 12.5. The topological polar surface area (TPSA) is 39.2 Å². The molecule has 0 radical (unpaired) electrons. The van der Waals surface area contributed by atoms with Crippen LogP contribution in [-0.2, 0) is 0 Å². The van der Waals surface area contributed by atoms with Crippen molar-refractivity contribution in [3.8, 4) is 0 Å². The molecule has 2 saturated carbocycles. The molecular weight excluding hydrogens is 1360 g/mol. The van der Waals surface area contributed by atoms with Crippen molar-refractivity contribution in [1.29, 1.82) is 0 Å². The van der Waals surface area contributed by atoms with E-state index in [1.54, 1.807) is 0 Å². The van der Waals surface area contributed by atoms with E-state index in [-0.39, 0.29) is 0 Å². The summed E-state index contributed by atoms with van der Waals surface area (Å²) in [6, 6.07) is 126. The van der Waals surface area contributed by atoms with Crippen LogP contribution in [0.4, 0.5) is 68.2 Å². The van der Waals surface area contributed by atoms with Gasteiger partial charge in [-0.3, -0.25) is 0 Å². The van der Waals surface area contributed by atoms with Gasteiger partial charge in [-0.1, -0.05) is 271 Å². The maximum atomic E-state index is 7.32. The molecule has 3 atom stereocenters. The fraction of sp³-hybridized carbons (Fsp3) is 0.170. The largest absolute Gasteiger partial charge is 0.456 e. The fourth-order valence-electron chi connectivity index (χ4n) is 19.3. The summed E-state index contributed by atoms with van der Waals surface area (Å²) in [4.78, 5) is 9.68. The number of rotatable bonds is 18. The molecule has 2 aliphatic rings. The van der Waals surface area contributed by atoms with Crippen molar-refractivity contribution in [1.82, 2.24) is 0 Å². The molecule has 2 aromatic heterocycles. The number of furan rings is 2. The van der Waals surface area contributed by atoms with E-state index in [0.29, 0.717) is 29.6 Å². The van der Waals surface area contributed by atoms with Crippen LogP contribution >= 0.6 is 0 Å². The standard InChI is InChI=1S/C106H90N4O2/c1-70(2)73-48-56-83(57-49-73)107(79-32-11-5-12-33-79)95-66-99-103(91-44-23-19-40-87(91)95)104-92-45-24-20-41-88(92)96(67-100(104)111-99)108(80-34-13-6-14-35-80)84-58-50-74(51-59-84)71(3)64-72-28-27-31-78(65-72)77-54-62-86(63-55-77)110(82-38-17-8-18-39-82)98-69-102-106(94-47-26-22-43-90(94)98)105-93-46-25-21-42-89(93)97(68-101(105)112-102)109(81-36-15-7-16-37-81)85-60-52-76(53-61-85)75-29-9-4-10-30-75/h5-8,11-26,32-63,66-72,75,78H,4,9-10,27-31,64-65H2,1-3H3. The molecule has 0 aliphatic heterocycles. The first-order valence-electron chi connectivity index (χ1n) is 40.7. The van der Waals surface area contributed by atoms with Crippen LogP contribution in [0.3, 0.4) is 0 Å². The summed E-state index contributed by atoms with van der Waals surface area (Å²) < 4.78 is 14.6. The SMILES string of the molecule is CC(C)c1ccc(N(c2ccccc2)c2cc3oc4cc(N(c5ccccc5)c5ccc(C(C)CC6CCCC(c7ccc(N(c8ccccc8)c8cc9oc%10cc(N(c%11ccccc%11)c%11ccc(C%12CCCCC%12)cc%11)c%11ccccc%11c%10c9c9ccccc89)cc7)C6)cc5)c5ccccc5c4c3c3ccccc23)cc1. The van der Waals surface area contributed by atoms with Crippen LogP contribution < -0.4 is 19.6 Å². The first-order valence-corrected chi connectivity index (χ1v) is 40.7. The second-order valence-electron chi connectivity index (χ2n) is 31.9. The molecule has 0 spiro atoms. The lowest BCUT2D eigenvalue weighted by molar-refractivity contribution is 0.293. The Balaban J connectivity index is 0.593. The summed E-state index contributed by atoms with van der Waals surface area (Å²) in [5, 5.41) is 13.9. The maximum absolute atomic E-state index is 7.32. The van der Waals surface area contributed by atoms with Gasteiger partial charge in [0.25, 0.3) is 0 Å². The monoisotopic (exact) mass is 1450 g/mol. The zero-order valence-electron chi connectivity index (χ0n) is 63.9. The van der Waals surface area contributed by atoms with Crippen LogP contribution in [0.5, 0.6) is 0 Å². The lowest BCUT2D eigenvalue weighted by atomic mass is 9.74. The Morgan fingerprint density at radius 1 is 0.268 bits per heavy atom. The van der Waals surface area contributed by atoms with Crippen molar-refractivity contribution < 1.29 is 8.83 Å². The highest BCUT2D eigenvalue weighted by Crippen LogP contribution is 2.53. The molecule has 0 bridgehead atoms. The van der Waals surface area contributed by atoms with Crippen molar-refractivity contribution in [2.24, 2.45) is 5.92 Å². The Bertz CT molecular complexity index is 6450. The summed E-state index contributed by atoms with van der Waals surface area (Å²) in [5.74, 6) is 2.53. The summed E-state index contributed by atoms with van der Waals surface area (Å²) >= 11 is 0. The van der Waals surface area contributed by atoms with Gasteiger partial charge in [-0.05, 0) is 203 Å². The van der Waals surface area contributed by atoms with Crippen LogP contribution in [0.2, 0.25) is 0 Å². The molecule has 6 nitrogen and oxygen atoms in total. The minimum atomic E-state index is 0.381. The van der Waals surface area contributed by atoms with Crippen LogP contribution in [0.15, 0.2) is 349 Å². The Labute approximate surface area is 656 Å². The third-order valence-electron chi connectivity index (χ3n) is 24.8. The van der Waals surface area contributed by atoms with Crippen LogP contribution in [-0.4, -0.2) is 0 Å². The van der Waals surface area contributed by atoms with Gasteiger partial charge in [0.2, 0.25) is 0 Å². The molecule has 0 amide bonds. The second-order valence-corrected chi connectivity index (χ2v) is 31.9. The summed E-state index contributed by atoms with van der Waals surface area (Å²) in [6.07, 6.45) is 12.5. The molecular formula is C106H90N4O2. The first kappa shape index (κ1) is 68.6. The zero-order valence-corrected chi connectivity index (χ0v) is 63.9. The molecule has 0 N–H and O–H groups in total. The van der Waals surface area contributed by atoms with E-state index in [1.807, 2.05) is 0 Å². The molecule has 546 valence electrons. The Morgan fingerprint density at radius 2 is 0.545 bits per heavy atom. The predicted molar refractivity (Wildman–Crippen MR) is 474 cm³/mol. The number of nitrogens with zero attached hydrogens (tertiary/aromatic N) is 4. The number of para-hydroxylation sites is 4.